The molecule has 0 aliphatic carbocycles. The molecule has 1 unspecified atom stereocenters. The van der Waals surface area contributed by atoms with E-state index in [9.17, 15) is 0 Å². The number of rotatable bonds is 21. The van der Waals surface area contributed by atoms with Crippen LogP contribution in [0.3, 0.4) is 0 Å². The number of nitrogens with two attached hydrogens (primary N) is 10. The van der Waals surface area contributed by atoms with Crippen molar-refractivity contribution in [1.29, 1.82) is 0 Å². The molecule has 0 saturated carbocycles. The van der Waals surface area contributed by atoms with E-state index in [1.54, 1.807) is 35.5 Å². The lowest BCUT2D eigenvalue weighted by Gasteiger charge is -2.25. The first kappa shape index (κ1) is 98.3. The van der Waals surface area contributed by atoms with Gasteiger partial charge in [0.15, 0.2) is 0 Å². The summed E-state index contributed by atoms with van der Waals surface area (Å²) in [4.78, 5) is 3.38. The van der Waals surface area contributed by atoms with Gasteiger partial charge >= 0.3 is 0 Å². The van der Waals surface area contributed by atoms with E-state index in [2.05, 4.69) is 268 Å². The molecule has 1 aromatic heterocycles. The van der Waals surface area contributed by atoms with E-state index in [4.69, 9.17) is 81.0 Å². The number of aromatic amines is 1. The number of para-hydroxylation sites is 2. The van der Waals surface area contributed by atoms with Crippen LogP contribution in [0.2, 0.25) is 0 Å². The Hall–Kier alpha value is -17.2. The van der Waals surface area contributed by atoms with Gasteiger partial charge in [0.25, 0.3) is 0 Å². The minimum Gasteiger partial charge on any atom is -0.497 e. The Kier molecular flexibility index (Phi) is 30.9. The number of anilines is 10. The monoisotopic (exact) mass is 1860 g/mol. The number of hydrogen-bond donors (Lipinski definition) is 11. The van der Waals surface area contributed by atoms with Gasteiger partial charge in [0.2, 0.25) is 0 Å². The van der Waals surface area contributed by atoms with Gasteiger partial charge in [0, 0.05) is 114 Å². The second kappa shape index (κ2) is 44.3. The molecule has 0 spiro atoms. The molecular weight excluding hydrogens is 1740 g/mol. The number of ether oxygens (including phenoxy) is 5. The van der Waals surface area contributed by atoms with Crippen LogP contribution in [0, 0.1) is 48.5 Å². The largest absolute Gasteiger partial charge is 0.497 e. The highest BCUT2D eigenvalue weighted by molar-refractivity contribution is 6.07. The van der Waals surface area contributed by atoms with Crippen molar-refractivity contribution in [3.05, 3.63) is 470 Å². The van der Waals surface area contributed by atoms with Crippen LogP contribution >= 0.6 is 0 Å². The molecular formula is C125H125N11O5. The molecule has 1 atom stereocenters. The van der Waals surface area contributed by atoms with Crippen LogP contribution in [-0.2, 0) is 0 Å². The Morgan fingerprint density at radius 2 is 0.525 bits per heavy atom. The summed E-state index contributed by atoms with van der Waals surface area (Å²) < 4.78 is 28.3. The molecule has 19 aromatic rings. The molecule has 18 aromatic carbocycles. The predicted molar refractivity (Wildman–Crippen MR) is 594 cm³/mol. The Balaban J connectivity index is 0.000000136. The normalized spacial score (nSPS) is 11.2. The molecule has 21 N–H and O–H groups in total. The zero-order valence-corrected chi connectivity index (χ0v) is 82.3. The molecule has 16 heteroatoms. The summed E-state index contributed by atoms with van der Waals surface area (Å²) >= 11 is 0. The van der Waals surface area contributed by atoms with E-state index in [1.165, 1.54) is 60.8 Å². The zero-order chi connectivity index (χ0) is 99.8. The first-order valence-electron chi connectivity index (χ1n) is 47.1. The van der Waals surface area contributed by atoms with Gasteiger partial charge in [0.05, 0.1) is 46.9 Å². The predicted octanol–water partition coefficient (Wildman–Crippen LogP) is 28.1. The summed E-state index contributed by atoms with van der Waals surface area (Å²) in [6.45, 7) is 16.3. The number of fused-ring (bicyclic) bond motifs is 3. The smallest absolute Gasteiger partial charge is 0.142 e. The summed E-state index contributed by atoms with van der Waals surface area (Å²) in [5.74, 6) is 3.39. The van der Waals surface area contributed by atoms with Gasteiger partial charge in [-0.3, -0.25) is 0 Å². The van der Waals surface area contributed by atoms with Crippen molar-refractivity contribution in [2.24, 2.45) is 0 Å². The van der Waals surface area contributed by atoms with Gasteiger partial charge in [-0.1, -0.05) is 273 Å². The minimum absolute atomic E-state index is 0.0347. The molecule has 0 aliphatic heterocycles. The molecule has 0 radical (unpaired) electrons. The summed E-state index contributed by atoms with van der Waals surface area (Å²) in [7, 11) is 8.33. The third-order valence-corrected chi connectivity index (χ3v) is 26.6. The number of nitrogen functional groups attached to an aromatic ring is 10. The molecule has 19 rings (SSSR count). The van der Waals surface area contributed by atoms with Gasteiger partial charge in [0.1, 0.15) is 28.7 Å². The van der Waals surface area contributed by atoms with Crippen molar-refractivity contribution in [2.75, 3.05) is 92.9 Å². The van der Waals surface area contributed by atoms with Crippen molar-refractivity contribution < 1.29 is 23.7 Å². The summed E-state index contributed by atoms with van der Waals surface area (Å²) in [6, 6.07) is 127. The van der Waals surface area contributed by atoms with Crippen molar-refractivity contribution in [1.82, 2.24) is 4.98 Å². The topological polar surface area (TPSA) is 322 Å². The van der Waals surface area contributed by atoms with E-state index in [1.807, 2.05) is 162 Å². The van der Waals surface area contributed by atoms with Crippen LogP contribution < -0.4 is 81.0 Å². The van der Waals surface area contributed by atoms with Gasteiger partial charge in [-0.05, 0) is 285 Å². The van der Waals surface area contributed by atoms with Crippen molar-refractivity contribution in [3.8, 4) is 84.4 Å². The summed E-state index contributed by atoms with van der Waals surface area (Å²) in [5, 5.41) is 2.61. The molecule has 0 aliphatic rings. The molecule has 16 nitrogen and oxygen atoms in total. The minimum atomic E-state index is -0.127. The fourth-order valence-corrected chi connectivity index (χ4v) is 18.6. The van der Waals surface area contributed by atoms with Crippen molar-refractivity contribution in [2.45, 2.75) is 79.1 Å². The number of H-pyrrole nitrogens is 1. The van der Waals surface area contributed by atoms with Crippen LogP contribution in [-0.4, -0.2) is 40.5 Å². The highest BCUT2D eigenvalue weighted by Crippen LogP contribution is 2.48. The van der Waals surface area contributed by atoms with E-state index >= 15 is 0 Å². The van der Waals surface area contributed by atoms with Gasteiger partial charge < -0.3 is 86.0 Å². The molecule has 141 heavy (non-hydrogen) atoms. The molecule has 0 amide bonds. The van der Waals surface area contributed by atoms with Crippen LogP contribution in [0.1, 0.15) is 131 Å². The molecule has 710 valence electrons. The number of hydrogen-bond acceptors (Lipinski definition) is 15. The van der Waals surface area contributed by atoms with Crippen molar-refractivity contribution in [3.63, 3.8) is 0 Å². The van der Waals surface area contributed by atoms with Crippen LogP contribution in [0.25, 0.3) is 77.4 Å². The summed E-state index contributed by atoms with van der Waals surface area (Å²) in [6.07, 6.45) is 0. The number of aromatic nitrogens is 1. The first-order chi connectivity index (χ1) is 68.1. The fraction of sp³-hybridized carbons (Fsp3) is 0.136. The Morgan fingerprint density at radius 3 is 0.901 bits per heavy atom. The Morgan fingerprint density at radius 1 is 0.213 bits per heavy atom. The third-order valence-electron chi connectivity index (χ3n) is 26.6. The van der Waals surface area contributed by atoms with Gasteiger partial charge in [-0.25, -0.2) is 0 Å². The summed E-state index contributed by atoms with van der Waals surface area (Å²) in [5.41, 5.74) is 103. The average Bonchev–Trinajstić information content (AvgIpc) is 1.45. The maximum Gasteiger partial charge on any atom is 0.142 e. The maximum absolute atomic E-state index is 6.63. The second-order valence-corrected chi connectivity index (χ2v) is 36.0. The van der Waals surface area contributed by atoms with E-state index in [0.29, 0.717) is 34.2 Å². The van der Waals surface area contributed by atoms with Gasteiger partial charge in [-0.2, -0.15) is 0 Å². The highest BCUT2D eigenvalue weighted by Gasteiger charge is 2.29. The van der Waals surface area contributed by atoms with E-state index in [0.717, 1.165) is 168 Å². The fourth-order valence-electron chi connectivity index (χ4n) is 18.6. The zero-order valence-electron chi connectivity index (χ0n) is 82.3. The second-order valence-electron chi connectivity index (χ2n) is 36.0. The third kappa shape index (κ3) is 22.4. The lowest BCUT2D eigenvalue weighted by molar-refractivity contribution is 0.402. The quantitative estimate of drug-likeness (QED) is 0.0235. The highest BCUT2D eigenvalue weighted by atomic mass is 16.5. The SMILES string of the molecule is CC(c1cc(-c2ccc(N)cc2)ccc1N)c1cc(-c2ccc(N)cc2)ccc1N.COc1cc(C(c2ccc(-c3ccccc3)cc2)c2cc(C)c(N)c(OC)c2)cc(C)c1N.COc1cc(C)c(N)c(C(c2ccc(-c3ccccc3)cc2)c2cc(C)cc(C)c2N)c1.COc1cc(N)c(C)cc1C(c1ccc(-c2ccccc2)cc1)c1cc(C)c(N)cc1OC.c1ccc2c(c1)[nH]c1ccccc12. The number of aryl methyl sites for hydroxylation is 7. The maximum atomic E-state index is 6.63. The number of nitrogens with one attached hydrogen (secondary N) is 1. The Bertz CT molecular complexity index is 7320. The molecule has 0 fully saturated rings. The molecule has 1 heterocycles. The standard InChI is InChI=1S/2C29H30N2O2.C29H30N2O.C26H26N4.C12H9N/c1-18-14-23(27(32-3)16-25(18)30)29(24-15-19(2)26(31)17-28(24)33-4)22-12-10-21(11-13-22)20-8-6-5-7-9-20;1-18-14-23(16-25(32-3)28(18)30)27(24-15-19(2)29(31)26(17-24)33-4)22-12-10-21(11-13-22)20-8-6-5-7-9-20;1-18-14-19(2)28(30)25(15-18)27(26-17-24(32-4)16-20(3)29(26)31)23-12-10-22(11-13-23)21-8-6-5-7-9-21;1-16(23-14-19(6-12-25(23)29)17-2-8-21(27)9-3-17)24-15-20(7-13-26(24)30)18-4-10-22(28)11-5-18;1-3-7-11-9(5-1)10-6-2-4-8-12(10)13-11/h5-17,29H,30-31H2,1-4H3;5-17,27H,30-31H2,1-4H3;5-17,27H,30-31H2,1-4H3;2-16H,27-30H2,1H3;1-8,13H. The average molecular weight is 1860 g/mol. The Labute approximate surface area is 828 Å². The number of methoxy groups -OCH3 is 5. The van der Waals surface area contributed by atoms with Crippen LogP contribution in [0.15, 0.2) is 370 Å². The lowest BCUT2D eigenvalue weighted by atomic mass is 9.81. The van der Waals surface area contributed by atoms with Crippen molar-refractivity contribution >= 4 is 78.7 Å². The van der Waals surface area contributed by atoms with Crippen LogP contribution in [0.5, 0.6) is 28.7 Å². The van der Waals surface area contributed by atoms with Gasteiger partial charge in [-0.15, -0.1) is 0 Å². The lowest BCUT2D eigenvalue weighted by Crippen LogP contribution is -2.11. The first-order valence-corrected chi connectivity index (χ1v) is 47.1. The molecule has 0 bridgehead atoms. The number of benzene rings is 18. The van der Waals surface area contributed by atoms with E-state index < -0.39 is 0 Å². The molecule has 0 saturated heterocycles. The van der Waals surface area contributed by atoms with Crippen LogP contribution in [0.4, 0.5) is 56.9 Å². The van der Waals surface area contributed by atoms with E-state index in [-0.39, 0.29) is 23.7 Å².